The minimum Gasteiger partial charge on any atom is -0.780 e. The van der Waals surface area contributed by atoms with E-state index in [9.17, 15) is 28.7 Å². The zero-order valence-corrected chi connectivity index (χ0v) is 33.1. The molecule has 3 amide bonds. The van der Waals surface area contributed by atoms with Gasteiger partial charge in [-0.25, -0.2) is 10.0 Å². The second kappa shape index (κ2) is 18.3. The first-order chi connectivity index (χ1) is 22.1. The standard InChI is InChI=1S/C33H37N4O7PS.2Na/c1-3-19-35-23-32(39)36-28(20-25-13-16-27(17-14-25)44-45(41,42)43)33(40)34(21-26-11-7-8-12-29(26)46-2)22-30(36)37(35)31(38)18-15-24-9-5-4-6-10-24;;/h3-14,16-17,28,30H,1,15,18-23H2,2H3,(H2,41,42,43);;/q;2*+1/p-2/t28-,30-;;/m0../s1. The summed E-state index contributed by atoms with van der Waals surface area (Å²) in [4.78, 5) is 68.4. The fourth-order valence-electron chi connectivity index (χ4n) is 5.99. The van der Waals surface area contributed by atoms with Gasteiger partial charge in [0.1, 0.15) is 25.8 Å². The van der Waals surface area contributed by atoms with Gasteiger partial charge in [-0.3, -0.25) is 14.4 Å². The number of amides is 3. The first-order valence-corrected chi connectivity index (χ1v) is 17.5. The van der Waals surface area contributed by atoms with Crippen molar-refractivity contribution in [3.05, 3.63) is 108 Å². The number of hydrazine groups is 1. The molecular formula is C33H35N4Na2O7PS. The number of piperazine rings is 1. The maximum Gasteiger partial charge on any atom is 1.00 e. The maximum absolute atomic E-state index is 14.2. The third kappa shape index (κ3) is 10.1. The number of benzene rings is 3. The van der Waals surface area contributed by atoms with Crippen molar-refractivity contribution in [2.24, 2.45) is 0 Å². The van der Waals surface area contributed by atoms with Crippen LogP contribution in [0.1, 0.15) is 23.1 Å². The first kappa shape index (κ1) is 40.5. The predicted octanol–water partition coefficient (Wildman–Crippen LogP) is -3.39. The second-order valence-corrected chi connectivity index (χ2v) is 13.0. The van der Waals surface area contributed by atoms with Gasteiger partial charge in [0, 0.05) is 30.8 Å². The van der Waals surface area contributed by atoms with E-state index in [0.717, 1.165) is 16.0 Å². The number of rotatable bonds is 12. The Hall–Kier alpha value is -1.93. The predicted molar refractivity (Wildman–Crippen MR) is 170 cm³/mol. The summed E-state index contributed by atoms with van der Waals surface area (Å²) in [6, 6.07) is 22.3. The van der Waals surface area contributed by atoms with Crippen LogP contribution in [-0.4, -0.2) is 75.6 Å². The third-order valence-electron chi connectivity index (χ3n) is 8.02. The Labute approximate surface area is 329 Å². The fourth-order valence-corrected chi connectivity index (χ4v) is 6.98. The van der Waals surface area contributed by atoms with Crippen molar-refractivity contribution >= 4 is 37.3 Å². The van der Waals surface area contributed by atoms with Crippen molar-refractivity contribution in [1.29, 1.82) is 0 Å². The van der Waals surface area contributed by atoms with Crippen molar-refractivity contribution < 1.29 is 92.4 Å². The molecule has 3 aromatic carbocycles. The summed E-state index contributed by atoms with van der Waals surface area (Å²) in [5, 5.41) is 3.32. The fraction of sp³-hybridized carbons (Fsp3) is 0.303. The Morgan fingerprint density at radius 1 is 1.00 bits per heavy atom. The second-order valence-electron chi connectivity index (χ2n) is 11.1. The van der Waals surface area contributed by atoms with Crippen LogP contribution >= 0.6 is 19.6 Å². The van der Waals surface area contributed by atoms with Crippen LogP contribution in [0.5, 0.6) is 5.75 Å². The van der Waals surface area contributed by atoms with E-state index in [0.29, 0.717) is 12.0 Å². The van der Waals surface area contributed by atoms with E-state index in [1.54, 1.807) is 44.9 Å². The van der Waals surface area contributed by atoms with E-state index in [-0.39, 0.29) is 122 Å². The molecule has 0 bridgehead atoms. The van der Waals surface area contributed by atoms with Gasteiger partial charge in [-0.15, -0.1) is 18.3 Å². The molecule has 0 aliphatic carbocycles. The van der Waals surface area contributed by atoms with Gasteiger partial charge in [0.2, 0.25) is 17.7 Å². The summed E-state index contributed by atoms with van der Waals surface area (Å²) in [6.45, 7) is 4.40. The molecule has 3 aromatic rings. The van der Waals surface area contributed by atoms with E-state index in [4.69, 9.17) is 0 Å². The van der Waals surface area contributed by atoms with Crippen LogP contribution in [0, 0.1) is 0 Å². The molecule has 0 N–H and O–H groups in total. The molecule has 242 valence electrons. The summed E-state index contributed by atoms with van der Waals surface area (Å²) in [6.07, 6.45) is 3.66. The molecule has 2 saturated heterocycles. The summed E-state index contributed by atoms with van der Waals surface area (Å²) in [5.74, 6) is -0.880. The van der Waals surface area contributed by atoms with Gasteiger partial charge in [-0.1, -0.05) is 66.7 Å². The maximum atomic E-state index is 14.2. The molecule has 11 nitrogen and oxygen atoms in total. The van der Waals surface area contributed by atoms with Crippen molar-refractivity contribution in [2.45, 2.75) is 42.9 Å². The van der Waals surface area contributed by atoms with Gasteiger partial charge in [-0.05, 0) is 47.6 Å². The summed E-state index contributed by atoms with van der Waals surface area (Å²) in [5.41, 5.74) is 2.58. The van der Waals surface area contributed by atoms with E-state index in [1.807, 2.05) is 60.9 Å². The summed E-state index contributed by atoms with van der Waals surface area (Å²) >= 11 is 1.57. The van der Waals surface area contributed by atoms with Crippen LogP contribution < -0.4 is 73.4 Å². The van der Waals surface area contributed by atoms with Gasteiger partial charge in [0.15, 0.2) is 0 Å². The Balaban J connectivity index is 0.00000312. The van der Waals surface area contributed by atoms with Crippen molar-refractivity contribution in [3.63, 3.8) is 0 Å². The quantitative estimate of drug-likeness (QED) is 0.0818. The van der Waals surface area contributed by atoms with E-state index >= 15 is 0 Å². The van der Waals surface area contributed by atoms with Crippen LogP contribution in [-0.2, 0) is 38.3 Å². The minimum absolute atomic E-state index is 0. The Morgan fingerprint density at radius 2 is 1.67 bits per heavy atom. The molecule has 0 unspecified atom stereocenters. The molecule has 2 fully saturated rings. The van der Waals surface area contributed by atoms with Crippen LogP contribution in [0.2, 0.25) is 0 Å². The molecule has 2 aliphatic heterocycles. The van der Waals surface area contributed by atoms with Crippen molar-refractivity contribution in [1.82, 2.24) is 19.8 Å². The first-order valence-electron chi connectivity index (χ1n) is 14.8. The van der Waals surface area contributed by atoms with Crippen LogP contribution in [0.15, 0.2) is 96.4 Å². The number of hydrogen-bond donors (Lipinski definition) is 0. The Bertz CT molecular complexity index is 1630. The SMILES string of the molecule is C=CCN1CC(=O)N2[C@@H](Cc3ccc(OP(=O)([O-])[O-])cc3)C(=O)N(Cc3ccccc3SC)C[C@@H]2N1C(=O)CCc1ccccc1.[Na+].[Na+]. The Kier molecular flexibility index (Phi) is 15.5. The average Bonchev–Trinajstić information content (AvgIpc) is 3.03. The summed E-state index contributed by atoms with van der Waals surface area (Å²) < 4.78 is 15.5. The third-order valence-corrected chi connectivity index (χ3v) is 9.29. The van der Waals surface area contributed by atoms with Gasteiger partial charge in [0.25, 0.3) is 0 Å². The number of fused-ring (bicyclic) bond motifs is 1. The normalized spacial score (nSPS) is 18.0. The van der Waals surface area contributed by atoms with E-state index in [1.165, 1.54) is 17.0 Å². The smallest absolute Gasteiger partial charge is 0.780 e. The molecular weight excluding hydrogens is 673 g/mol. The van der Waals surface area contributed by atoms with Crippen LogP contribution in [0.3, 0.4) is 0 Å². The van der Waals surface area contributed by atoms with E-state index in [2.05, 4.69) is 11.1 Å². The molecule has 2 atom stereocenters. The molecule has 2 heterocycles. The molecule has 2 aliphatic rings. The van der Waals surface area contributed by atoms with Crippen molar-refractivity contribution in [3.8, 4) is 5.75 Å². The van der Waals surface area contributed by atoms with Gasteiger partial charge < -0.3 is 28.7 Å². The number of phosphoric ester groups is 1. The molecule has 0 saturated carbocycles. The molecule has 0 aromatic heterocycles. The van der Waals surface area contributed by atoms with Crippen LogP contribution in [0.25, 0.3) is 0 Å². The number of carbonyl (C=O) groups excluding carboxylic acids is 3. The zero-order valence-electron chi connectivity index (χ0n) is 27.4. The van der Waals surface area contributed by atoms with Gasteiger partial charge in [-0.2, -0.15) is 0 Å². The molecule has 5 rings (SSSR count). The zero-order chi connectivity index (χ0) is 32.8. The number of carbonyl (C=O) groups is 3. The number of hydrogen-bond acceptors (Lipinski definition) is 9. The largest absolute Gasteiger partial charge is 1.00 e. The molecule has 0 spiro atoms. The topological polar surface area (TPSA) is 137 Å². The minimum atomic E-state index is -5.24. The number of thioether (sulfide) groups is 1. The van der Waals surface area contributed by atoms with E-state index < -0.39 is 20.0 Å². The summed E-state index contributed by atoms with van der Waals surface area (Å²) in [7, 11) is -5.24. The monoisotopic (exact) mass is 708 g/mol. The number of aryl methyl sites for hydroxylation is 1. The van der Waals surface area contributed by atoms with Crippen LogP contribution in [0.4, 0.5) is 0 Å². The number of nitrogens with zero attached hydrogens (tertiary/aromatic N) is 4. The molecule has 48 heavy (non-hydrogen) atoms. The molecule has 15 heteroatoms. The van der Waals surface area contributed by atoms with Gasteiger partial charge in [0.05, 0.1) is 13.1 Å². The average molecular weight is 709 g/mol. The Morgan fingerprint density at radius 3 is 2.31 bits per heavy atom. The number of phosphoric acid groups is 1. The van der Waals surface area contributed by atoms with Gasteiger partial charge >= 0.3 is 59.1 Å². The van der Waals surface area contributed by atoms with Crippen molar-refractivity contribution in [2.75, 3.05) is 25.9 Å². The molecule has 0 radical (unpaired) electrons.